The summed E-state index contributed by atoms with van der Waals surface area (Å²) in [5.74, 6) is -0.494. The molecule has 3 rings (SSSR count). The quantitative estimate of drug-likeness (QED) is 0.464. The number of anilines is 2. The van der Waals surface area contributed by atoms with Crippen molar-refractivity contribution >= 4 is 50.5 Å². The molecule has 0 spiro atoms. The van der Waals surface area contributed by atoms with E-state index in [0.29, 0.717) is 16.4 Å². The summed E-state index contributed by atoms with van der Waals surface area (Å²) >= 11 is 12.0. The zero-order valence-corrected chi connectivity index (χ0v) is 18.1. The number of amides is 1. The Hall–Kier alpha value is -2.80. The Morgan fingerprint density at radius 3 is 2.40 bits per heavy atom. The molecule has 1 N–H and O–H groups in total. The highest BCUT2D eigenvalue weighted by Crippen LogP contribution is 2.27. The number of para-hydroxylation sites is 1. The molecule has 154 valence electrons. The van der Waals surface area contributed by atoms with Crippen LogP contribution >= 0.6 is 23.2 Å². The minimum atomic E-state index is -3.92. The zero-order chi connectivity index (χ0) is 21.7. The van der Waals surface area contributed by atoms with Crippen molar-refractivity contribution in [2.45, 2.75) is 4.90 Å². The predicted octanol–water partition coefficient (Wildman–Crippen LogP) is 5.63. The maximum atomic E-state index is 13.3. The van der Waals surface area contributed by atoms with Crippen molar-refractivity contribution in [3.05, 3.63) is 101 Å². The van der Waals surface area contributed by atoms with E-state index in [4.69, 9.17) is 23.2 Å². The second kappa shape index (κ2) is 9.34. The van der Waals surface area contributed by atoms with Crippen LogP contribution in [0.1, 0.15) is 10.4 Å². The van der Waals surface area contributed by atoms with Gasteiger partial charge in [-0.25, -0.2) is 8.42 Å². The number of hydrogen-bond donors (Lipinski definition) is 1. The number of benzene rings is 3. The summed E-state index contributed by atoms with van der Waals surface area (Å²) in [6.07, 6.45) is 1.50. The largest absolute Gasteiger partial charge is 0.321 e. The van der Waals surface area contributed by atoms with Crippen LogP contribution < -0.4 is 9.62 Å². The molecule has 1 amide bonds. The van der Waals surface area contributed by atoms with Gasteiger partial charge < -0.3 is 5.32 Å². The number of carbonyl (C=O) groups excluding carboxylic acids is 1. The summed E-state index contributed by atoms with van der Waals surface area (Å²) in [7, 11) is -3.92. The van der Waals surface area contributed by atoms with Crippen LogP contribution in [0.2, 0.25) is 10.0 Å². The molecule has 0 atom stereocenters. The van der Waals surface area contributed by atoms with Crippen molar-refractivity contribution in [1.82, 2.24) is 0 Å². The van der Waals surface area contributed by atoms with Gasteiger partial charge in [-0.1, -0.05) is 53.5 Å². The third-order valence-corrected chi connectivity index (χ3v) is 6.54. The van der Waals surface area contributed by atoms with Gasteiger partial charge in [-0.15, -0.1) is 6.58 Å². The Morgan fingerprint density at radius 1 is 1.00 bits per heavy atom. The summed E-state index contributed by atoms with van der Waals surface area (Å²) in [6.45, 7) is 3.73. The number of hydrogen-bond acceptors (Lipinski definition) is 3. The van der Waals surface area contributed by atoms with Gasteiger partial charge in [0.15, 0.2) is 0 Å². The molecule has 0 fully saturated rings. The molecular formula is C22H18Cl2N2O3S. The molecule has 8 heteroatoms. The first kappa shape index (κ1) is 21.9. The molecule has 0 aliphatic carbocycles. The van der Waals surface area contributed by atoms with Crippen LogP contribution in [0, 0.1) is 0 Å². The Morgan fingerprint density at radius 2 is 1.73 bits per heavy atom. The molecular weight excluding hydrogens is 443 g/mol. The van der Waals surface area contributed by atoms with Crippen molar-refractivity contribution in [3.8, 4) is 0 Å². The van der Waals surface area contributed by atoms with Crippen molar-refractivity contribution in [2.75, 3.05) is 16.2 Å². The van der Waals surface area contributed by atoms with Crippen molar-refractivity contribution < 1.29 is 13.2 Å². The van der Waals surface area contributed by atoms with E-state index in [2.05, 4.69) is 11.9 Å². The first-order chi connectivity index (χ1) is 14.3. The van der Waals surface area contributed by atoms with Gasteiger partial charge in [0.25, 0.3) is 15.9 Å². The average molecular weight is 461 g/mol. The van der Waals surface area contributed by atoms with Gasteiger partial charge in [-0.3, -0.25) is 9.10 Å². The molecule has 30 heavy (non-hydrogen) atoms. The molecule has 0 aromatic heterocycles. The summed E-state index contributed by atoms with van der Waals surface area (Å²) in [4.78, 5) is 12.7. The molecule has 0 aliphatic rings. The maximum absolute atomic E-state index is 13.3. The Labute approximate surface area is 185 Å². The lowest BCUT2D eigenvalue weighted by atomic mass is 10.2. The zero-order valence-electron chi connectivity index (χ0n) is 15.8. The average Bonchev–Trinajstić information content (AvgIpc) is 2.74. The first-order valence-corrected chi connectivity index (χ1v) is 11.1. The van der Waals surface area contributed by atoms with Gasteiger partial charge in [0.05, 0.1) is 27.8 Å². The normalized spacial score (nSPS) is 11.0. The minimum absolute atomic E-state index is 0.0111. The topological polar surface area (TPSA) is 66.5 Å². The van der Waals surface area contributed by atoms with Crippen LogP contribution in [-0.2, 0) is 10.0 Å². The lowest BCUT2D eigenvalue weighted by Crippen LogP contribution is -2.31. The highest BCUT2D eigenvalue weighted by molar-refractivity contribution is 7.92. The lowest BCUT2D eigenvalue weighted by Gasteiger charge is -2.23. The van der Waals surface area contributed by atoms with Crippen molar-refractivity contribution in [3.63, 3.8) is 0 Å². The van der Waals surface area contributed by atoms with Gasteiger partial charge in [-0.05, 0) is 48.5 Å². The van der Waals surface area contributed by atoms with E-state index in [1.807, 2.05) is 0 Å². The number of rotatable bonds is 7. The van der Waals surface area contributed by atoms with E-state index in [-0.39, 0.29) is 22.0 Å². The van der Waals surface area contributed by atoms with Gasteiger partial charge >= 0.3 is 0 Å². The summed E-state index contributed by atoms with van der Waals surface area (Å²) in [5, 5.41) is 3.38. The Kier molecular flexibility index (Phi) is 6.82. The smallest absolute Gasteiger partial charge is 0.264 e. The van der Waals surface area contributed by atoms with E-state index in [1.165, 1.54) is 40.7 Å². The fourth-order valence-electron chi connectivity index (χ4n) is 2.76. The van der Waals surface area contributed by atoms with Crippen molar-refractivity contribution in [2.24, 2.45) is 0 Å². The van der Waals surface area contributed by atoms with Crippen LogP contribution in [0.15, 0.2) is 90.3 Å². The molecule has 0 saturated carbocycles. The van der Waals surface area contributed by atoms with Crippen LogP contribution in [0.5, 0.6) is 0 Å². The highest BCUT2D eigenvalue weighted by Gasteiger charge is 2.25. The lowest BCUT2D eigenvalue weighted by molar-refractivity contribution is 0.102. The molecule has 0 radical (unpaired) electrons. The third-order valence-electron chi connectivity index (χ3n) is 4.20. The van der Waals surface area contributed by atoms with E-state index >= 15 is 0 Å². The number of nitrogens with zero attached hydrogens (tertiary/aromatic N) is 1. The van der Waals surface area contributed by atoms with E-state index in [0.717, 1.165) is 0 Å². The maximum Gasteiger partial charge on any atom is 0.264 e. The summed E-state index contributed by atoms with van der Waals surface area (Å²) in [5.41, 5.74) is 1.05. The molecule has 0 unspecified atom stereocenters. The standard InChI is InChI=1S/C22H18Cl2N2O3S/c1-2-13-26(18-8-4-3-5-9-18)30(28,29)19-10-6-7-16(14-19)22(27)25-21-12-11-17(23)15-20(21)24/h2-12,14-15H,1,13H2,(H,25,27). The molecule has 3 aromatic carbocycles. The summed E-state index contributed by atoms with van der Waals surface area (Å²) in [6, 6.07) is 19.2. The molecule has 0 aliphatic heterocycles. The van der Waals surface area contributed by atoms with Gasteiger partial charge in [0.1, 0.15) is 0 Å². The van der Waals surface area contributed by atoms with Crippen molar-refractivity contribution in [1.29, 1.82) is 0 Å². The second-order valence-corrected chi connectivity index (χ2v) is 8.97. The van der Waals surface area contributed by atoms with Gasteiger partial charge in [0.2, 0.25) is 0 Å². The van der Waals surface area contributed by atoms with Crippen LogP contribution in [0.25, 0.3) is 0 Å². The highest BCUT2D eigenvalue weighted by atomic mass is 35.5. The van der Waals surface area contributed by atoms with E-state index in [1.54, 1.807) is 42.5 Å². The number of carbonyl (C=O) groups is 1. The van der Waals surface area contributed by atoms with E-state index in [9.17, 15) is 13.2 Å². The molecule has 0 heterocycles. The predicted molar refractivity (Wildman–Crippen MR) is 122 cm³/mol. The monoisotopic (exact) mass is 460 g/mol. The van der Waals surface area contributed by atoms with E-state index < -0.39 is 15.9 Å². The molecule has 0 bridgehead atoms. The minimum Gasteiger partial charge on any atom is -0.321 e. The number of sulfonamides is 1. The van der Waals surface area contributed by atoms with Gasteiger partial charge in [-0.2, -0.15) is 0 Å². The van der Waals surface area contributed by atoms with Crippen LogP contribution in [0.3, 0.4) is 0 Å². The third kappa shape index (κ3) is 4.84. The fraction of sp³-hybridized carbons (Fsp3) is 0.0455. The Balaban J connectivity index is 1.93. The van der Waals surface area contributed by atoms with Crippen LogP contribution in [-0.4, -0.2) is 20.9 Å². The number of halogens is 2. The second-order valence-electron chi connectivity index (χ2n) is 6.27. The SMILES string of the molecule is C=CCN(c1ccccc1)S(=O)(=O)c1cccc(C(=O)Nc2ccc(Cl)cc2Cl)c1. The number of nitrogens with one attached hydrogen (secondary N) is 1. The fourth-order valence-corrected chi connectivity index (χ4v) is 4.70. The molecule has 3 aromatic rings. The van der Waals surface area contributed by atoms with Crippen LogP contribution in [0.4, 0.5) is 11.4 Å². The molecule has 5 nitrogen and oxygen atoms in total. The summed E-state index contributed by atoms with van der Waals surface area (Å²) < 4.78 is 27.7. The molecule has 0 saturated heterocycles. The Bertz CT molecular complexity index is 1180. The first-order valence-electron chi connectivity index (χ1n) is 8.88. The van der Waals surface area contributed by atoms with Gasteiger partial charge in [0, 0.05) is 10.6 Å².